The summed E-state index contributed by atoms with van der Waals surface area (Å²) in [5.74, 6) is 0.980. The van der Waals surface area contributed by atoms with E-state index in [1.54, 1.807) is 12.1 Å². The first-order valence-corrected chi connectivity index (χ1v) is 8.03. The molecule has 1 saturated heterocycles. The Morgan fingerprint density at radius 3 is 2.32 bits per heavy atom. The second kappa shape index (κ2) is 7.62. The van der Waals surface area contributed by atoms with Gasteiger partial charge in [-0.05, 0) is 30.0 Å². The molecule has 0 aromatic heterocycles. The van der Waals surface area contributed by atoms with E-state index in [9.17, 15) is 15.3 Å². The normalized spacial score (nSPS) is 33.5. The molecule has 1 fully saturated rings. The molecule has 2 rings (SSSR count). The first-order valence-electron chi connectivity index (χ1n) is 7.50. The van der Waals surface area contributed by atoms with Crippen molar-refractivity contribution in [1.29, 1.82) is 0 Å². The molecule has 6 atom stereocenters. The number of alkyl halides is 1. The lowest BCUT2D eigenvalue weighted by atomic mass is 9.98. The summed E-state index contributed by atoms with van der Waals surface area (Å²) in [6.45, 7) is 4.27. The zero-order chi connectivity index (χ0) is 16.3. The highest BCUT2D eigenvalue weighted by Gasteiger charge is 2.44. The van der Waals surface area contributed by atoms with Gasteiger partial charge in [-0.1, -0.05) is 26.0 Å². The van der Waals surface area contributed by atoms with Crippen molar-refractivity contribution >= 4 is 11.6 Å². The second-order valence-electron chi connectivity index (χ2n) is 5.67. The average Bonchev–Trinajstić information content (AvgIpc) is 2.55. The molecule has 5 nitrogen and oxygen atoms in total. The summed E-state index contributed by atoms with van der Waals surface area (Å²) in [6, 6.07) is 7.52. The summed E-state index contributed by atoms with van der Waals surface area (Å²) < 4.78 is 11.0. The Bertz CT molecular complexity index is 464. The van der Waals surface area contributed by atoms with Crippen molar-refractivity contribution in [3.8, 4) is 5.75 Å². The van der Waals surface area contributed by atoms with E-state index in [0.717, 1.165) is 6.42 Å². The van der Waals surface area contributed by atoms with Crippen LogP contribution in [0.25, 0.3) is 0 Å². The Morgan fingerprint density at radius 1 is 1.14 bits per heavy atom. The van der Waals surface area contributed by atoms with Gasteiger partial charge in [-0.25, -0.2) is 0 Å². The van der Waals surface area contributed by atoms with Gasteiger partial charge in [-0.15, -0.1) is 11.6 Å². The minimum atomic E-state index is -1.36. The van der Waals surface area contributed by atoms with Crippen molar-refractivity contribution in [2.45, 2.75) is 56.9 Å². The number of hydrogen-bond donors (Lipinski definition) is 3. The fourth-order valence-corrected chi connectivity index (χ4v) is 2.64. The average molecular weight is 331 g/mol. The number of rotatable bonds is 5. The highest BCUT2D eigenvalue weighted by atomic mass is 35.5. The third-order valence-corrected chi connectivity index (χ3v) is 4.44. The molecule has 1 unspecified atom stereocenters. The van der Waals surface area contributed by atoms with Gasteiger partial charge in [0, 0.05) is 0 Å². The van der Waals surface area contributed by atoms with Crippen LogP contribution in [0.2, 0.25) is 0 Å². The monoisotopic (exact) mass is 330 g/mol. The van der Waals surface area contributed by atoms with Crippen molar-refractivity contribution in [3.05, 3.63) is 29.8 Å². The maximum absolute atomic E-state index is 9.96. The Kier molecular flexibility index (Phi) is 6.06. The molecular weight excluding hydrogens is 308 g/mol. The van der Waals surface area contributed by atoms with Gasteiger partial charge in [0.05, 0.1) is 5.88 Å². The van der Waals surface area contributed by atoms with E-state index in [1.807, 2.05) is 12.1 Å². The van der Waals surface area contributed by atoms with Crippen LogP contribution < -0.4 is 4.74 Å². The number of ether oxygens (including phenoxy) is 2. The highest BCUT2D eigenvalue weighted by Crippen LogP contribution is 2.26. The molecule has 0 saturated carbocycles. The third kappa shape index (κ3) is 3.73. The number of halogens is 1. The number of aliphatic hydroxyl groups excluding tert-OH is 3. The van der Waals surface area contributed by atoms with Crippen LogP contribution in [-0.2, 0) is 4.74 Å². The number of benzene rings is 1. The molecule has 1 aliphatic rings. The molecule has 0 amide bonds. The summed E-state index contributed by atoms with van der Waals surface area (Å²) in [7, 11) is 0. The molecule has 1 aliphatic heterocycles. The summed E-state index contributed by atoms with van der Waals surface area (Å²) in [6.07, 6.45) is -4.75. The van der Waals surface area contributed by atoms with Crippen LogP contribution in [-0.4, -0.2) is 51.9 Å². The van der Waals surface area contributed by atoms with Gasteiger partial charge >= 0.3 is 0 Å². The molecule has 1 aromatic carbocycles. The van der Waals surface area contributed by atoms with Crippen LogP contribution in [0.4, 0.5) is 0 Å². The Morgan fingerprint density at radius 2 is 1.77 bits per heavy atom. The van der Waals surface area contributed by atoms with Crippen LogP contribution in [0.15, 0.2) is 24.3 Å². The van der Waals surface area contributed by atoms with Crippen molar-refractivity contribution < 1.29 is 24.8 Å². The van der Waals surface area contributed by atoms with Gasteiger partial charge in [0.15, 0.2) is 0 Å². The molecule has 6 heteroatoms. The number of aliphatic hydroxyl groups is 3. The fourth-order valence-electron chi connectivity index (χ4n) is 2.39. The molecule has 1 heterocycles. The number of hydrogen-bond acceptors (Lipinski definition) is 5. The summed E-state index contributed by atoms with van der Waals surface area (Å²) in [4.78, 5) is 0. The first-order chi connectivity index (χ1) is 10.5. The Balaban J connectivity index is 2.05. The molecule has 124 valence electrons. The van der Waals surface area contributed by atoms with Gasteiger partial charge in [0.1, 0.15) is 30.2 Å². The van der Waals surface area contributed by atoms with Gasteiger partial charge < -0.3 is 24.8 Å². The van der Waals surface area contributed by atoms with E-state index in [4.69, 9.17) is 21.1 Å². The molecule has 1 aromatic rings. The molecule has 0 aliphatic carbocycles. The summed E-state index contributed by atoms with van der Waals surface area (Å²) in [5.41, 5.74) is 1.20. The van der Waals surface area contributed by atoms with Crippen molar-refractivity contribution in [1.82, 2.24) is 0 Å². The zero-order valence-electron chi connectivity index (χ0n) is 12.7. The van der Waals surface area contributed by atoms with Crippen molar-refractivity contribution in [3.63, 3.8) is 0 Å². The molecule has 3 N–H and O–H groups in total. The quantitative estimate of drug-likeness (QED) is 0.715. The maximum Gasteiger partial charge on any atom is 0.229 e. The van der Waals surface area contributed by atoms with E-state index >= 15 is 0 Å². The lowest BCUT2D eigenvalue weighted by Crippen LogP contribution is -2.59. The van der Waals surface area contributed by atoms with Crippen LogP contribution in [0.3, 0.4) is 0 Å². The zero-order valence-corrected chi connectivity index (χ0v) is 13.5. The van der Waals surface area contributed by atoms with E-state index in [1.165, 1.54) is 5.56 Å². The van der Waals surface area contributed by atoms with E-state index in [0.29, 0.717) is 11.7 Å². The van der Waals surface area contributed by atoms with Crippen LogP contribution >= 0.6 is 11.6 Å². The molecule has 0 bridgehead atoms. The van der Waals surface area contributed by atoms with E-state index < -0.39 is 30.7 Å². The maximum atomic E-state index is 9.96. The minimum Gasteiger partial charge on any atom is -0.462 e. The molecular formula is C16H23ClO5. The predicted octanol–water partition coefficient (Wildman–Crippen LogP) is 1.63. The van der Waals surface area contributed by atoms with Crippen molar-refractivity contribution in [2.75, 3.05) is 5.88 Å². The smallest absolute Gasteiger partial charge is 0.229 e. The summed E-state index contributed by atoms with van der Waals surface area (Å²) >= 11 is 5.69. The minimum absolute atomic E-state index is 0.00222. The predicted molar refractivity (Wildman–Crippen MR) is 83.2 cm³/mol. The first kappa shape index (κ1) is 17.5. The lowest BCUT2D eigenvalue weighted by Gasteiger charge is -2.39. The Hall–Kier alpha value is -0.850. The SMILES string of the molecule is CCC(C)c1ccc(O[C@H]2O[C@H](CCl)[C@@H](O)[C@H](O)[C@H]2O)cc1. The van der Waals surface area contributed by atoms with E-state index in [2.05, 4.69) is 13.8 Å². The topological polar surface area (TPSA) is 79.2 Å². The second-order valence-corrected chi connectivity index (χ2v) is 5.97. The van der Waals surface area contributed by atoms with Crippen molar-refractivity contribution in [2.24, 2.45) is 0 Å². The van der Waals surface area contributed by atoms with Gasteiger partial charge in [-0.3, -0.25) is 0 Å². The summed E-state index contributed by atoms with van der Waals surface area (Å²) in [5, 5.41) is 29.5. The standard InChI is InChI=1S/C16H23ClO5/c1-3-9(2)10-4-6-11(7-5-10)21-16-15(20)14(19)13(18)12(8-17)22-16/h4-7,9,12-16,18-20H,3,8H2,1-2H3/t9?,12-,13-,14+,15-,16+/m1/s1. The van der Waals surface area contributed by atoms with Gasteiger partial charge in [-0.2, -0.15) is 0 Å². The molecule has 22 heavy (non-hydrogen) atoms. The largest absolute Gasteiger partial charge is 0.462 e. The Labute approximate surface area is 135 Å². The van der Waals surface area contributed by atoms with E-state index in [-0.39, 0.29) is 5.88 Å². The fraction of sp³-hybridized carbons (Fsp3) is 0.625. The highest BCUT2D eigenvalue weighted by molar-refractivity contribution is 6.18. The van der Waals surface area contributed by atoms with Crippen LogP contribution in [0, 0.1) is 0 Å². The lowest BCUT2D eigenvalue weighted by molar-refractivity contribution is -0.267. The molecule has 0 radical (unpaired) electrons. The van der Waals surface area contributed by atoms with Gasteiger partial charge in [0.2, 0.25) is 6.29 Å². The third-order valence-electron chi connectivity index (χ3n) is 4.13. The van der Waals surface area contributed by atoms with Crippen LogP contribution in [0.5, 0.6) is 5.75 Å². The van der Waals surface area contributed by atoms with Gasteiger partial charge in [0.25, 0.3) is 0 Å². The molecule has 0 spiro atoms. The van der Waals surface area contributed by atoms with Crippen LogP contribution in [0.1, 0.15) is 31.7 Å².